The summed E-state index contributed by atoms with van der Waals surface area (Å²) in [6.07, 6.45) is 6.07. The highest BCUT2D eigenvalue weighted by atomic mass is 19.1. The van der Waals surface area contributed by atoms with Crippen molar-refractivity contribution in [3.63, 3.8) is 0 Å². The second kappa shape index (κ2) is 6.26. The van der Waals surface area contributed by atoms with Crippen molar-refractivity contribution in [1.82, 2.24) is 0 Å². The first kappa shape index (κ1) is 20.3. The summed E-state index contributed by atoms with van der Waals surface area (Å²) in [7, 11) is 0. The number of aliphatic hydroxyl groups is 1. The van der Waals surface area contributed by atoms with Crippen molar-refractivity contribution in [3.8, 4) is 0 Å². The summed E-state index contributed by atoms with van der Waals surface area (Å²) in [4.78, 5) is 23.7. The van der Waals surface area contributed by atoms with Gasteiger partial charge in [0.15, 0.2) is 5.78 Å². The van der Waals surface area contributed by atoms with E-state index in [1.807, 2.05) is 6.92 Å². The lowest BCUT2D eigenvalue weighted by Crippen LogP contribution is -2.65. The minimum absolute atomic E-state index is 0.0594. The first-order valence-corrected chi connectivity index (χ1v) is 11.1. The number of halogens is 1. The van der Waals surface area contributed by atoms with Gasteiger partial charge in [-0.2, -0.15) is 0 Å². The number of hydrogen-bond donors (Lipinski definition) is 1. The van der Waals surface area contributed by atoms with Crippen LogP contribution in [0.2, 0.25) is 0 Å². The molecule has 158 valence electrons. The lowest BCUT2D eigenvalue weighted by atomic mass is 9.43. The van der Waals surface area contributed by atoms with Gasteiger partial charge in [0.05, 0.1) is 0 Å². The van der Waals surface area contributed by atoms with Gasteiger partial charge in [-0.05, 0) is 82.5 Å². The molecule has 5 heteroatoms. The smallest absolute Gasteiger partial charge is 0.302 e. The minimum Gasteiger partial charge on any atom is -0.463 e. The maximum absolute atomic E-state index is 16.9. The molecular weight excluding hydrogens is 359 g/mol. The maximum atomic E-state index is 16.9. The van der Waals surface area contributed by atoms with E-state index in [0.29, 0.717) is 19.3 Å². The number of carbonyl (C=O) groups is 2. The zero-order valence-corrected chi connectivity index (χ0v) is 17.7. The monoisotopic (exact) mass is 394 g/mol. The summed E-state index contributed by atoms with van der Waals surface area (Å²) in [6, 6.07) is 0. The number of alkyl halides is 1. The lowest BCUT2D eigenvalue weighted by Gasteiger charge is -2.64. The molecule has 0 saturated heterocycles. The lowest BCUT2D eigenvalue weighted by molar-refractivity contribution is -0.218. The number of ether oxygens (including phenoxy) is 1. The quantitative estimate of drug-likeness (QED) is 0.706. The Hall–Kier alpha value is -0.970. The number of fused-ring (bicyclic) bond motifs is 5. The molecule has 0 amide bonds. The van der Waals surface area contributed by atoms with E-state index < -0.39 is 22.1 Å². The molecule has 4 aliphatic rings. The van der Waals surface area contributed by atoms with Gasteiger partial charge in [0.2, 0.25) is 0 Å². The second-order valence-electron chi connectivity index (χ2n) is 10.6. The Morgan fingerprint density at radius 1 is 0.929 bits per heavy atom. The summed E-state index contributed by atoms with van der Waals surface area (Å²) in [5, 5.41) is 11.2. The SMILES string of the molecule is CC(=O)O[C@@H]1CC[C@@]2(C)[C@@H](CC[C@H]3[C@@H]4CC[C@](O)(C(C)=O)[C@@]4(C)CC[C@@]32F)C1. The molecule has 4 rings (SSSR count). The second-order valence-corrected chi connectivity index (χ2v) is 10.6. The molecule has 0 spiro atoms. The van der Waals surface area contributed by atoms with Gasteiger partial charge >= 0.3 is 5.97 Å². The van der Waals surface area contributed by atoms with Crippen LogP contribution in [-0.2, 0) is 14.3 Å². The van der Waals surface area contributed by atoms with Crippen LogP contribution in [0.4, 0.5) is 4.39 Å². The van der Waals surface area contributed by atoms with Crippen molar-refractivity contribution < 1.29 is 23.8 Å². The van der Waals surface area contributed by atoms with E-state index >= 15 is 4.39 Å². The zero-order chi connectivity index (χ0) is 20.5. The van der Waals surface area contributed by atoms with Crippen LogP contribution in [-0.4, -0.2) is 34.2 Å². The van der Waals surface area contributed by atoms with Crippen molar-refractivity contribution in [2.45, 2.75) is 103 Å². The summed E-state index contributed by atoms with van der Waals surface area (Å²) < 4.78 is 22.4. The third-order valence-corrected chi connectivity index (χ3v) is 9.79. The van der Waals surface area contributed by atoms with Crippen molar-refractivity contribution in [3.05, 3.63) is 0 Å². The summed E-state index contributed by atoms with van der Waals surface area (Å²) in [5.41, 5.74) is -3.49. The van der Waals surface area contributed by atoms with Crippen LogP contribution in [0, 0.1) is 28.6 Å². The fourth-order valence-corrected chi connectivity index (χ4v) is 8.04. The Morgan fingerprint density at radius 3 is 2.29 bits per heavy atom. The largest absolute Gasteiger partial charge is 0.463 e. The zero-order valence-electron chi connectivity index (χ0n) is 17.7. The molecular formula is C23H35FO4. The van der Waals surface area contributed by atoms with Gasteiger partial charge < -0.3 is 9.84 Å². The number of Topliss-reactive ketones (excluding diaryl/α,β-unsaturated/α-hetero) is 1. The van der Waals surface area contributed by atoms with E-state index in [-0.39, 0.29) is 35.6 Å². The number of carbonyl (C=O) groups excluding carboxylic acids is 2. The molecule has 4 aliphatic carbocycles. The Labute approximate surface area is 167 Å². The summed E-state index contributed by atoms with van der Waals surface area (Å²) >= 11 is 0. The normalized spacial score (nSPS) is 52.9. The fourth-order valence-electron chi connectivity index (χ4n) is 8.04. The van der Waals surface area contributed by atoms with E-state index in [1.165, 1.54) is 13.8 Å². The molecule has 0 heterocycles. The van der Waals surface area contributed by atoms with Crippen LogP contribution >= 0.6 is 0 Å². The van der Waals surface area contributed by atoms with Crippen LogP contribution in [0.1, 0.15) is 85.5 Å². The number of rotatable bonds is 2. The van der Waals surface area contributed by atoms with Gasteiger partial charge in [-0.15, -0.1) is 0 Å². The molecule has 4 nitrogen and oxygen atoms in total. The molecule has 8 atom stereocenters. The highest BCUT2D eigenvalue weighted by molar-refractivity contribution is 5.86. The number of ketones is 1. The Kier molecular flexibility index (Phi) is 4.54. The van der Waals surface area contributed by atoms with Crippen LogP contribution in [0.3, 0.4) is 0 Å². The van der Waals surface area contributed by atoms with Gasteiger partial charge in [-0.3, -0.25) is 9.59 Å². The average Bonchev–Trinajstić information content (AvgIpc) is 2.89. The van der Waals surface area contributed by atoms with E-state index in [4.69, 9.17) is 4.74 Å². The molecule has 0 unspecified atom stereocenters. The van der Waals surface area contributed by atoms with Crippen LogP contribution in [0.25, 0.3) is 0 Å². The number of hydrogen-bond acceptors (Lipinski definition) is 4. The van der Waals surface area contributed by atoms with Gasteiger partial charge in [0, 0.05) is 17.8 Å². The molecule has 1 N–H and O–H groups in total. The molecule has 0 aliphatic heterocycles. The third-order valence-electron chi connectivity index (χ3n) is 9.79. The predicted molar refractivity (Wildman–Crippen MR) is 103 cm³/mol. The van der Waals surface area contributed by atoms with Gasteiger partial charge in [0.1, 0.15) is 17.4 Å². The molecule has 28 heavy (non-hydrogen) atoms. The van der Waals surface area contributed by atoms with Gasteiger partial charge in [-0.1, -0.05) is 13.8 Å². The first-order chi connectivity index (χ1) is 13.0. The molecule has 0 radical (unpaired) electrons. The van der Waals surface area contributed by atoms with Crippen molar-refractivity contribution in [2.75, 3.05) is 0 Å². The molecule has 0 bridgehead atoms. The molecule has 4 saturated carbocycles. The topological polar surface area (TPSA) is 63.6 Å². The van der Waals surface area contributed by atoms with Crippen molar-refractivity contribution in [2.24, 2.45) is 28.6 Å². The Bertz CT molecular complexity index is 694. The first-order valence-electron chi connectivity index (χ1n) is 11.1. The van der Waals surface area contributed by atoms with Crippen LogP contribution in [0.5, 0.6) is 0 Å². The van der Waals surface area contributed by atoms with Crippen LogP contribution in [0.15, 0.2) is 0 Å². The van der Waals surface area contributed by atoms with E-state index in [9.17, 15) is 14.7 Å². The van der Waals surface area contributed by atoms with Crippen molar-refractivity contribution >= 4 is 11.8 Å². The molecule has 0 aromatic carbocycles. The number of esters is 1. The highest BCUT2D eigenvalue weighted by Crippen LogP contribution is 2.71. The molecule has 0 aromatic rings. The van der Waals surface area contributed by atoms with E-state index in [1.54, 1.807) is 0 Å². The van der Waals surface area contributed by atoms with Gasteiger partial charge in [0.25, 0.3) is 0 Å². The third kappa shape index (κ3) is 2.44. The fraction of sp³-hybridized carbons (Fsp3) is 0.913. The van der Waals surface area contributed by atoms with Gasteiger partial charge in [-0.25, -0.2) is 4.39 Å². The van der Waals surface area contributed by atoms with Crippen LogP contribution < -0.4 is 0 Å². The highest BCUT2D eigenvalue weighted by Gasteiger charge is 2.71. The maximum Gasteiger partial charge on any atom is 0.302 e. The Morgan fingerprint density at radius 2 is 1.64 bits per heavy atom. The minimum atomic E-state index is -1.30. The Balaban J connectivity index is 1.62. The molecule has 4 fully saturated rings. The molecule has 0 aromatic heterocycles. The summed E-state index contributed by atoms with van der Waals surface area (Å²) in [5.74, 6) is -0.217. The van der Waals surface area contributed by atoms with E-state index in [0.717, 1.165) is 38.5 Å². The summed E-state index contributed by atoms with van der Waals surface area (Å²) in [6.45, 7) is 7.07. The van der Waals surface area contributed by atoms with Crippen molar-refractivity contribution in [1.29, 1.82) is 0 Å². The standard InChI is InChI=1S/C23H35FO4/c1-14(25)23(27)10-8-18-19-6-5-16-13-17(28-15(2)26)7-9-20(16,3)22(19,24)12-11-21(18,23)4/h16-19,27H,5-13H2,1-4H3/t16-,17+,18-,19-,20-,21-,22+,23-/m0/s1. The van der Waals surface area contributed by atoms with E-state index in [2.05, 4.69) is 6.92 Å². The predicted octanol–water partition coefficient (Wildman–Crippen LogP) is 4.37. The average molecular weight is 395 g/mol.